The second-order valence-electron chi connectivity index (χ2n) is 6.10. The molecule has 1 atom stereocenters. The van der Waals surface area contributed by atoms with Crippen LogP contribution < -0.4 is 14.8 Å². The second-order valence-corrected chi connectivity index (χ2v) is 6.89. The molecule has 128 valence electrons. The number of aliphatic hydroxyl groups is 1. The molecule has 2 aromatic carbocycles. The van der Waals surface area contributed by atoms with Crippen LogP contribution in [0.2, 0.25) is 0 Å². The Bertz CT molecular complexity index is 926. The van der Waals surface area contributed by atoms with Gasteiger partial charge in [0, 0.05) is 21.3 Å². The largest absolute Gasteiger partial charge is 0.454 e. The highest BCUT2D eigenvalue weighted by atomic mass is 79.9. The van der Waals surface area contributed by atoms with Crippen molar-refractivity contribution < 1.29 is 24.2 Å². The molecular formula is C18H14BrNO5. The highest BCUT2D eigenvalue weighted by molar-refractivity contribution is 9.10. The van der Waals surface area contributed by atoms with Crippen molar-refractivity contribution in [3.8, 4) is 11.5 Å². The Morgan fingerprint density at radius 1 is 1.28 bits per heavy atom. The maximum atomic E-state index is 12.7. The number of nitrogens with one attached hydrogen (secondary N) is 1. The third-order valence-corrected chi connectivity index (χ3v) is 5.51. The first kappa shape index (κ1) is 16.1. The standard InChI is InChI=1S/C18H14BrNO5/c1-9-2-4-11-15(16(9)19)18(23,17(22)20-11)7-12(21)10-3-5-13-14(6-10)25-8-24-13/h2-6,23H,7-8H2,1H3,(H,20,22)/t18-/m0/s1. The van der Waals surface area contributed by atoms with Gasteiger partial charge in [-0.2, -0.15) is 0 Å². The van der Waals surface area contributed by atoms with Crippen molar-refractivity contribution in [2.75, 3.05) is 12.1 Å². The van der Waals surface area contributed by atoms with Crippen LogP contribution in [0.1, 0.15) is 27.9 Å². The summed E-state index contributed by atoms with van der Waals surface area (Å²) in [6.07, 6.45) is -0.368. The molecule has 2 aliphatic heterocycles. The maximum absolute atomic E-state index is 12.7. The van der Waals surface area contributed by atoms with Gasteiger partial charge in [-0.25, -0.2) is 0 Å². The molecule has 0 radical (unpaired) electrons. The fourth-order valence-corrected chi connectivity index (χ4v) is 3.77. The Kier molecular flexibility index (Phi) is 3.59. The number of carbonyl (C=O) groups is 2. The van der Waals surface area contributed by atoms with E-state index in [0.29, 0.717) is 32.8 Å². The SMILES string of the molecule is Cc1ccc2c(c1Br)[C@@](O)(CC(=O)c1ccc3c(c1)OCO3)C(=O)N2. The van der Waals surface area contributed by atoms with Gasteiger partial charge in [0.1, 0.15) is 0 Å². The molecule has 0 saturated heterocycles. The Morgan fingerprint density at radius 2 is 2.04 bits per heavy atom. The third kappa shape index (κ3) is 2.42. The molecule has 0 spiro atoms. The number of carbonyl (C=O) groups excluding carboxylic acids is 2. The molecule has 0 aromatic heterocycles. The van der Waals surface area contributed by atoms with Crippen molar-refractivity contribution in [2.45, 2.75) is 18.9 Å². The molecule has 6 nitrogen and oxygen atoms in total. The predicted octanol–water partition coefficient (Wildman–Crippen LogP) is 2.90. The Labute approximate surface area is 151 Å². The van der Waals surface area contributed by atoms with Crippen molar-refractivity contribution in [3.05, 3.63) is 51.5 Å². The number of benzene rings is 2. The molecule has 2 heterocycles. The summed E-state index contributed by atoms with van der Waals surface area (Å²) in [5, 5.41) is 13.7. The summed E-state index contributed by atoms with van der Waals surface area (Å²) in [7, 11) is 0. The molecule has 25 heavy (non-hydrogen) atoms. The molecule has 0 saturated carbocycles. The number of ether oxygens (including phenoxy) is 2. The fourth-order valence-electron chi connectivity index (χ4n) is 3.10. The van der Waals surface area contributed by atoms with Gasteiger partial charge in [-0.15, -0.1) is 0 Å². The Balaban J connectivity index is 1.70. The number of halogens is 1. The van der Waals surface area contributed by atoms with Gasteiger partial charge in [-0.3, -0.25) is 9.59 Å². The number of hydrogen-bond acceptors (Lipinski definition) is 5. The van der Waals surface area contributed by atoms with E-state index in [4.69, 9.17) is 9.47 Å². The molecule has 0 bridgehead atoms. The summed E-state index contributed by atoms with van der Waals surface area (Å²) in [5.41, 5.74) is 0.190. The molecule has 0 unspecified atom stereocenters. The summed E-state index contributed by atoms with van der Waals surface area (Å²) in [6.45, 7) is 1.96. The first-order chi connectivity index (χ1) is 11.9. The quantitative estimate of drug-likeness (QED) is 0.769. The average molecular weight is 404 g/mol. The number of aryl methyl sites for hydroxylation is 1. The molecule has 1 amide bonds. The van der Waals surface area contributed by atoms with Crippen LogP contribution in [0, 0.1) is 6.92 Å². The summed E-state index contributed by atoms with van der Waals surface area (Å²) in [4.78, 5) is 25.1. The summed E-state index contributed by atoms with van der Waals surface area (Å²) in [6, 6.07) is 8.35. The van der Waals surface area contributed by atoms with Crippen LogP contribution in [0.25, 0.3) is 0 Å². The van der Waals surface area contributed by atoms with E-state index in [1.54, 1.807) is 24.3 Å². The van der Waals surface area contributed by atoms with Gasteiger partial charge in [0.25, 0.3) is 5.91 Å². The van der Waals surface area contributed by atoms with Crippen LogP contribution in [-0.4, -0.2) is 23.6 Å². The van der Waals surface area contributed by atoms with Crippen LogP contribution in [0.15, 0.2) is 34.8 Å². The highest BCUT2D eigenvalue weighted by Gasteiger charge is 2.48. The molecule has 2 aliphatic rings. The summed E-state index contributed by atoms with van der Waals surface area (Å²) < 4.78 is 11.1. The Hall–Kier alpha value is -2.38. The predicted molar refractivity (Wildman–Crippen MR) is 92.9 cm³/mol. The van der Waals surface area contributed by atoms with Crippen molar-refractivity contribution in [1.29, 1.82) is 0 Å². The minimum absolute atomic E-state index is 0.110. The topological polar surface area (TPSA) is 84.9 Å². The van der Waals surface area contributed by atoms with Crippen molar-refractivity contribution in [1.82, 2.24) is 0 Å². The smallest absolute Gasteiger partial charge is 0.261 e. The highest BCUT2D eigenvalue weighted by Crippen LogP contribution is 2.44. The minimum Gasteiger partial charge on any atom is -0.454 e. The first-order valence-corrected chi connectivity index (χ1v) is 8.46. The lowest BCUT2D eigenvalue weighted by atomic mass is 9.87. The van der Waals surface area contributed by atoms with Gasteiger partial charge >= 0.3 is 0 Å². The number of hydrogen-bond donors (Lipinski definition) is 2. The number of anilines is 1. The summed E-state index contributed by atoms with van der Waals surface area (Å²) in [5.74, 6) is 0.0730. The molecule has 0 fully saturated rings. The van der Waals surface area contributed by atoms with E-state index in [-0.39, 0.29) is 19.0 Å². The van der Waals surface area contributed by atoms with Gasteiger partial charge in [0.05, 0.1) is 6.42 Å². The van der Waals surface area contributed by atoms with Crippen LogP contribution in [0.3, 0.4) is 0 Å². The zero-order valence-corrected chi connectivity index (χ0v) is 14.8. The van der Waals surface area contributed by atoms with E-state index in [9.17, 15) is 14.7 Å². The zero-order valence-electron chi connectivity index (χ0n) is 13.3. The fraction of sp³-hybridized carbons (Fsp3) is 0.222. The molecule has 0 aliphatic carbocycles. The average Bonchev–Trinajstić information content (AvgIpc) is 3.14. The molecular weight excluding hydrogens is 390 g/mol. The van der Waals surface area contributed by atoms with Crippen LogP contribution in [0.4, 0.5) is 5.69 Å². The van der Waals surface area contributed by atoms with Gasteiger partial charge in [-0.05, 0) is 36.8 Å². The van der Waals surface area contributed by atoms with Crippen molar-refractivity contribution >= 4 is 33.3 Å². The van der Waals surface area contributed by atoms with Gasteiger partial charge in [0.15, 0.2) is 22.9 Å². The molecule has 7 heteroatoms. The van der Waals surface area contributed by atoms with E-state index in [1.165, 1.54) is 0 Å². The maximum Gasteiger partial charge on any atom is 0.261 e. The van der Waals surface area contributed by atoms with E-state index in [1.807, 2.05) is 13.0 Å². The van der Waals surface area contributed by atoms with E-state index in [0.717, 1.165) is 5.56 Å². The number of fused-ring (bicyclic) bond motifs is 2. The molecule has 2 N–H and O–H groups in total. The lowest BCUT2D eigenvalue weighted by Crippen LogP contribution is -2.36. The third-order valence-electron chi connectivity index (χ3n) is 4.48. The van der Waals surface area contributed by atoms with E-state index < -0.39 is 11.5 Å². The van der Waals surface area contributed by atoms with E-state index in [2.05, 4.69) is 21.2 Å². The molecule has 2 aromatic rings. The number of Topliss-reactive ketones (excluding diaryl/α,β-unsaturated/α-hetero) is 1. The van der Waals surface area contributed by atoms with Crippen molar-refractivity contribution in [2.24, 2.45) is 0 Å². The second kappa shape index (κ2) is 5.57. The van der Waals surface area contributed by atoms with Gasteiger partial charge in [0.2, 0.25) is 6.79 Å². The van der Waals surface area contributed by atoms with E-state index >= 15 is 0 Å². The van der Waals surface area contributed by atoms with Crippen molar-refractivity contribution in [3.63, 3.8) is 0 Å². The lowest BCUT2D eigenvalue weighted by molar-refractivity contribution is -0.133. The Morgan fingerprint density at radius 3 is 2.84 bits per heavy atom. The number of amides is 1. The first-order valence-electron chi connectivity index (χ1n) is 7.66. The minimum atomic E-state index is -1.92. The van der Waals surface area contributed by atoms with Crippen LogP contribution >= 0.6 is 15.9 Å². The number of rotatable bonds is 3. The monoisotopic (exact) mass is 403 g/mol. The lowest BCUT2D eigenvalue weighted by Gasteiger charge is -2.22. The van der Waals surface area contributed by atoms with Crippen LogP contribution in [-0.2, 0) is 10.4 Å². The summed E-state index contributed by atoms with van der Waals surface area (Å²) >= 11 is 3.42. The van der Waals surface area contributed by atoms with Gasteiger partial charge in [-0.1, -0.05) is 22.0 Å². The van der Waals surface area contributed by atoms with Crippen LogP contribution in [0.5, 0.6) is 11.5 Å². The van der Waals surface area contributed by atoms with Gasteiger partial charge < -0.3 is 19.9 Å². The number of ketones is 1. The zero-order chi connectivity index (χ0) is 17.8. The molecule has 4 rings (SSSR count). The normalized spacial score (nSPS) is 20.4.